The summed E-state index contributed by atoms with van der Waals surface area (Å²) in [4.78, 5) is 18.7. The zero-order valence-corrected chi connectivity index (χ0v) is 14.3. The third-order valence-electron chi connectivity index (χ3n) is 4.37. The zero-order valence-electron chi connectivity index (χ0n) is 13.4. The predicted octanol–water partition coefficient (Wildman–Crippen LogP) is 3.64. The fourth-order valence-corrected chi connectivity index (χ4v) is 3.94. The molecule has 0 spiro atoms. The van der Waals surface area contributed by atoms with Gasteiger partial charge in [-0.2, -0.15) is 0 Å². The van der Waals surface area contributed by atoms with E-state index in [1.54, 1.807) is 18.0 Å². The number of carbonyl (C=O) groups excluding carboxylic acids is 1. The molecule has 0 radical (unpaired) electrons. The molecule has 3 rings (SSSR count). The zero-order chi connectivity index (χ0) is 16.1. The number of rotatable bonds is 5. The Kier molecular flexibility index (Phi) is 5.34. The Hall–Kier alpha value is -1.81. The Morgan fingerprint density at radius 2 is 2.09 bits per heavy atom. The molecular formula is C19H22N2OS. The molecule has 23 heavy (non-hydrogen) atoms. The molecule has 0 saturated carbocycles. The lowest BCUT2D eigenvalue weighted by Gasteiger charge is -2.17. The lowest BCUT2D eigenvalue weighted by atomic mass is 9.94. The van der Waals surface area contributed by atoms with Gasteiger partial charge in [0.05, 0.1) is 11.4 Å². The average molecular weight is 326 g/mol. The van der Waals surface area contributed by atoms with Crippen molar-refractivity contribution in [1.29, 1.82) is 0 Å². The Morgan fingerprint density at radius 3 is 2.87 bits per heavy atom. The van der Waals surface area contributed by atoms with E-state index in [4.69, 9.17) is 0 Å². The molecule has 1 fully saturated rings. The van der Waals surface area contributed by atoms with Gasteiger partial charge in [0.15, 0.2) is 0 Å². The molecule has 1 aromatic carbocycles. The summed E-state index contributed by atoms with van der Waals surface area (Å²) in [6.45, 7) is 3.89. The van der Waals surface area contributed by atoms with Crippen LogP contribution in [0.15, 0.2) is 48.7 Å². The number of hydrogen-bond acceptors (Lipinski definition) is 3. The molecule has 3 nitrogen and oxygen atoms in total. The number of aryl methyl sites for hydroxylation is 1. The molecule has 120 valence electrons. The van der Waals surface area contributed by atoms with Crippen LogP contribution in [0, 0.1) is 6.92 Å². The van der Waals surface area contributed by atoms with Crippen molar-refractivity contribution < 1.29 is 4.79 Å². The van der Waals surface area contributed by atoms with E-state index >= 15 is 0 Å². The first-order valence-electron chi connectivity index (χ1n) is 8.05. The van der Waals surface area contributed by atoms with Gasteiger partial charge in [-0.3, -0.25) is 9.78 Å². The maximum atomic E-state index is 12.4. The highest BCUT2D eigenvalue weighted by Gasteiger charge is 2.27. The first-order valence-corrected chi connectivity index (χ1v) is 9.20. The summed E-state index contributed by atoms with van der Waals surface area (Å²) in [5.74, 6) is 2.07. The minimum absolute atomic E-state index is 0.252. The number of nitrogens with zero attached hydrogens (tertiary/aromatic N) is 2. The third-order valence-corrected chi connectivity index (χ3v) is 5.32. The van der Waals surface area contributed by atoms with Crippen LogP contribution in [0.2, 0.25) is 0 Å². The van der Waals surface area contributed by atoms with Gasteiger partial charge in [0, 0.05) is 31.0 Å². The van der Waals surface area contributed by atoms with Crippen LogP contribution in [0.25, 0.3) is 0 Å². The fraction of sp³-hybridized carbons (Fsp3) is 0.368. The molecule has 1 aromatic heterocycles. The lowest BCUT2D eigenvalue weighted by molar-refractivity contribution is -0.127. The van der Waals surface area contributed by atoms with Crippen molar-refractivity contribution in [2.75, 3.05) is 18.8 Å². The molecular weight excluding hydrogens is 304 g/mol. The molecule has 0 unspecified atom stereocenters. The van der Waals surface area contributed by atoms with Gasteiger partial charge in [0.1, 0.15) is 0 Å². The summed E-state index contributed by atoms with van der Waals surface area (Å²) in [7, 11) is 0. The molecule has 1 aliphatic heterocycles. The first-order chi connectivity index (χ1) is 11.2. The Labute approximate surface area is 142 Å². The van der Waals surface area contributed by atoms with E-state index in [-0.39, 0.29) is 5.91 Å². The molecule has 4 heteroatoms. The average Bonchev–Trinajstić information content (AvgIpc) is 3.06. The van der Waals surface area contributed by atoms with Gasteiger partial charge in [-0.05, 0) is 36.6 Å². The number of hydrogen-bond donors (Lipinski definition) is 0. The molecule has 2 heterocycles. The Balaban J connectivity index is 1.49. The summed E-state index contributed by atoms with van der Waals surface area (Å²) < 4.78 is 0. The van der Waals surface area contributed by atoms with E-state index in [0.717, 1.165) is 31.0 Å². The maximum Gasteiger partial charge on any atom is 0.232 e. The SMILES string of the molecule is Cc1ccccc1[C@@H]1CCN(C(=O)CSCc2ccccn2)C1. The Morgan fingerprint density at radius 1 is 1.26 bits per heavy atom. The molecule has 0 aliphatic carbocycles. The maximum absolute atomic E-state index is 12.4. The van der Waals surface area contributed by atoms with Crippen LogP contribution in [-0.4, -0.2) is 34.6 Å². The van der Waals surface area contributed by atoms with Crippen molar-refractivity contribution in [3.05, 3.63) is 65.5 Å². The number of amides is 1. The molecule has 0 N–H and O–H groups in total. The minimum atomic E-state index is 0.252. The monoisotopic (exact) mass is 326 g/mol. The van der Waals surface area contributed by atoms with Crippen molar-refractivity contribution in [2.24, 2.45) is 0 Å². The number of thioether (sulfide) groups is 1. The quantitative estimate of drug-likeness (QED) is 0.841. The van der Waals surface area contributed by atoms with E-state index in [2.05, 4.69) is 36.2 Å². The van der Waals surface area contributed by atoms with Crippen molar-refractivity contribution in [2.45, 2.75) is 25.0 Å². The van der Waals surface area contributed by atoms with Crippen LogP contribution in [0.5, 0.6) is 0 Å². The topological polar surface area (TPSA) is 33.2 Å². The van der Waals surface area contributed by atoms with Gasteiger partial charge >= 0.3 is 0 Å². The van der Waals surface area contributed by atoms with Gasteiger partial charge in [-0.25, -0.2) is 0 Å². The van der Waals surface area contributed by atoms with Crippen molar-refractivity contribution in [3.63, 3.8) is 0 Å². The van der Waals surface area contributed by atoms with E-state index in [1.165, 1.54) is 11.1 Å². The summed E-state index contributed by atoms with van der Waals surface area (Å²) in [5, 5.41) is 0. The highest BCUT2D eigenvalue weighted by Crippen LogP contribution is 2.29. The van der Waals surface area contributed by atoms with Crippen LogP contribution >= 0.6 is 11.8 Å². The summed E-state index contributed by atoms with van der Waals surface area (Å²) in [6, 6.07) is 14.4. The van der Waals surface area contributed by atoms with Crippen LogP contribution in [-0.2, 0) is 10.5 Å². The highest BCUT2D eigenvalue weighted by atomic mass is 32.2. The van der Waals surface area contributed by atoms with Crippen molar-refractivity contribution in [1.82, 2.24) is 9.88 Å². The smallest absolute Gasteiger partial charge is 0.232 e. The van der Waals surface area contributed by atoms with E-state index in [1.807, 2.05) is 23.1 Å². The van der Waals surface area contributed by atoms with Gasteiger partial charge in [0.25, 0.3) is 0 Å². The number of benzene rings is 1. The summed E-state index contributed by atoms with van der Waals surface area (Å²) >= 11 is 1.65. The van der Waals surface area contributed by atoms with Gasteiger partial charge < -0.3 is 4.90 Å². The second-order valence-electron chi connectivity index (χ2n) is 6.00. The molecule has 0 bridgehead atoms. The largest absolute Gasteiger partial charge is 0.341 e. The standard InChI is InChI=1S/C19H22N2OS/c1-15-6-2-3-8-18(15)16-9-11-21(12-16)19(22)14-23-13-17-7-4-5-10-20-17/h2-8,10,16H,9,11-14H2,1H3/t16-/m1/s1. The van der Waals surface area contributed by atoms with Gasteiger partial charge in [0.2, 0.25) is 5.91 Å². The van der Waals surface area contributed by atoms with Crippen LogP contribution < -0.4 is 0 Å². The van der Waals surface area contributed by atoms with Gasteiger partial charge in [-0.15, -0.1) is 11.8 Å². The second-order valence-corrected chi connectivity index (χ2v) is 6.98. The van der Waals surface area contributed by atoms with E-state index in [0.29, 0.717) is 11.7 Å². The molecule has 2 aromatic rings. The summed E-state index contributed by atoms with van der Waals surface area (Å²) in [5.41, 5.74) is 3.75. The number of aromatic nitrogens is 1. The normalized spacial score (nSPS) is 17.4. The second kappa shape index (κ2) is 7.64. The number of likely N-dealkylation sites (tertiary alicyclic amines) is 1. The molecule has 1 aliphatic rings. The van der Waals surface area contributed by atoms with E-state index < -0.39 is 0 Å². The fourth-order valence-electron chi connectivity index (χ4n) is 3.10. The van der Waals surface area contributed by atoms with Crippen LogP contribution in [0.4, 0.5) is 0 Å². The van der Waals surface area contributed by atoms with Crippen LogP contribution in [0.1, 0.15) is 29.2 Å². The highest BCUT2D eigenvalue weighted by molar-refractivity contribution is 7.99. The van der Waals surface area contributed by atoms with Crippen molar-refractivity contribution in [3.8, 4) is 0 Å². The predicted molar refractivity (Wildman–Crippen MR) is 95.5 cm³/mol. The van der Waals surface area contributed by atoms with E-state index in [9.17, 15) is 4.79 Å². The van der Waals surface area contributed by atoms with Gasteiger partial charge in [-0.1, -0.05) is 30.3 Å². The lowest BCUT2D eigenvalue weighted by Crippen LogP contribution is -2.30. The first kappa shape index (κ1) is 16.1. The van der Waals surface area contributed by atoms with Crippen molar-refractivity contribution >= 4 is 17.7 Å². The number of carbonyl (C=O) groups is 1. The minimum Gasteiger partial charge on any atom is -0.341 e. The molecule has 1 amide bonds. The third kappa shape index (κ3) is 4.14. The molecule has 1 atom stereocenters. The molecule has 1 saturated heterocycles. The summed E-state index contributed by atoms with van der Waals surface area (Å²) in [6.07, 6.45) is 2.87. The van der Waals surface area contributed by atoms with Crippen LogP contribution in [0.3, 0.4) is 0 Å². The number of pyridine rings is 1. The Bertz CT molecular complexity index is 659.